The number of guanidine groups is 1. The third-order valence-corrected chi connectivity index (χ3v) is 4.76. The van der Waals surface area contributed by atoms with E-state index >= 15 is 0 Å². The van der Waals surface area contributed by atoms with Gasteiger partial charge in [0.2, 0.25) is 5.91 Å². The predicted molar refractivity (Wildman–Crippen MR) is 95.0 cm³/mol. The van der Waals surface area contributed by atoms with Gasteiger partial charge in [-0.15, -0.1) is 11.3 Å². The molecule has 0 atom stereocenters. The summed E-state index contributed by atoms with van der Waals surface area (Å²) in [6, 6.07) is 0.289. The highest BCUT2D eigenvalue weighted by Crippen LogP contribution is 2.30. The van der Waals surface area contributed by atoms with E-state index in [4.69, 9.17) is 0 Å². The van der Waals surface area contributed by atoms with E-state index in [9.17, 15) is 18.0 Å². The summed E-state index contributed by atoms with van der Waals surface area (Å²) in [6.45, 7) is 2.93. The van der Waals surface area contributed by atoms with Crippen LogP contribution in [0.2, 0.25) is 0 Å². The van der Waals surface area contributed by atoms with Crippen molar-refractivity contribution in [1.29, 1.82) is 0 Å². The van der Waals surface area contributed by atoms with E-state index in [2.05, 4.69) is 25.9 Å². The van der Waals surface area contributed by atoms with Crippen LogP contribution >= 0.6 is 11.3 Å². The molecule has 1 amide bonds. The summed E-state index contributed by atoms with van der Waals surface area (Å²) in [6.07, 6.45) is 0.277. The van der Waals surface area contributed by atoms with Gasteiger partial charge in [0.15, 0.2) is 11.7 Å². The highest BCUT2D eigenvalue weighted by Gasteiger charge is 2.33. The van der Waals surface area contributed by atoms with Gasteiger partial charge in [-0.25, -0.2) is 9.98 Å². The molecule has 1 aliphatic carbocycles. The minimum Gasteiger partial charge on any atom is -0.357 e. The van der Waals surface area contributed by atoms with Gasteiger partial charge in [-0.2, -0.15) is 13.2 Å². The van der Waals surface area contributed by atoms with E-state index in [0.29, 0.717) is 25.5 Å². The normalized spacial score (nSPS) is 15.9. The molecule has 1 saturated carbocycles. The van der Waals surface area contributed by atoms with Crippen LogP contribution in [-0.2, 0) is 17.5 Å². The molecule has 1 aliphatic rings. The number of alkyl halides is 3. The summed E-state index contributed by atoms with van der Waals surface area (Å²) < 4.78 is 37.7. The van der Waals surface area contributed by atoms with Crippen LogP contribution in [0.5, 0.6) is 0 Å². The summed E-state index contributed by atoms with van der Waals surface area (Å²) in [4.78, 5) is 19.7. The van der Waals surface area contributed by atoms with Crippen LogP contribution < -0.4 is 16.0 Å². The molecule has 1 aromatic heterocycles. The molecule has 0 saturated heterocycles. The zero-order chi connectivity index (χ0) is 19.0. The second-order valence-electron chi connectivity index (χ2n) is 6.05. The quantitative estimate of drug-likeness (QED) is 0.493. The van der Waals surface area contributed by atoms with Gasteiger partial charge >= 0.3 is 6.18 Å². The van der Waals surface area contributed by atoms with Gasteiger partial charge in [0.1, 0.15) is 5.01 Å². The molecule has 10 heteroatoms. The molecule has 0 radical (unpaired) electrons. The summed E-state index contributed by atoms with van der Waals surface area (Å²) in [7, 11) is 0. The molecular formula is C16H24F3N5OS. The van der Waals surface area contributed by atoms with Gasteiger partial charge in [-0.1, -0.05) is 12.8 Å². The van der Waals surface area contributed by atoms with E-state index in [1.165, 1.54) is 0 Å². The number of carbonyl (C=O) groups is 1. The summed E-state index contributed by atoms with van der Waals surface area (Å²) >= 11 is 0.925. The van der Waals surface area contributed by atoms with Crippen LogP contribution in [0, 0.1) is 0 Å². The molecule has 1 heterocycles. The van der Waals surface area contributed by atoms with Crippen LogP contribution in [0.1, 0.15) is 49.7 Å². The molecular weight excluding hydrogens is 367 g/mol. The van der Waals surface area contributed by atoms with Crippen molar-refractivity contribution in [2.75, 3.05) is 13.1 Å². The first-order valence-electron chi connectivity index (χ1n) is 8.71. The molecule has 146 valence electrons. The first kappa shape index (κ1) is 20.5. The van der Waals surface area contributed by atoms with Gasteiger partial charge in [-0.05, 0) is 19.8 Å². The third-order valence-electron chi connectivity index (χ3n) is 3.92. The first-order valence-corrected chi connectivity index (χ1v) is 9.59. The number of carbonyl (C=O) groups excluding carboxylic acids is 1. The van der Waals surface area contributed by atoms with E-state index in [-0.39, 0.29) is 23.5 Å². The highest BCUT2D eigenvalue weighted by molar-refractivity contribution is 7.09. The Morgan fingerprint density at radius 2 is 2.08 bits per heavy atom. The smallest absolute Gasteiger partial charge is 0.357 e. The lowest BCUT2D eigenvalue weighted by molar-refractivity contribution is -0.140. The number of nitrogens with zero attached hydrogens (tertiary/aromatic N) is 2. The standard InChI is InChI=1S/C16H24F3N5OS/c1-2-20-15(21-8-7-13(25)23-11-5-3-4-6-11)22-9-14-24-12(10-26-14)16(17,18)19/h10-11H,2-9H2,1H3,(H,23,25)(H2,20,21,22). The van der Waals surface area contributed by atoms with Crippen LogP contribution in [0.25, 0.3) is 0 Å². The van der Waals surface area contributed by atoms with Crippen LogP contribution in [0.4, 0.5) is 13.2 Å². The Bertz CT molecular complexity index is 611. The Kier molecular flexibility index (Phi) is 7.67. The van der Waals surface area contributed by atoms with Crippen molar-refractivity contribution in [3.05, 3.63) is 16.1 Å². The SMILES string of the molecule is CCNC(=NCc1nc(C(F)(F)F)cs1)NCCC(=O)NC1CCCC1. The number of hydrogen-bond donors (Lipinski definition) is 3. The number of rotatable bonds is 7. The predicted octanol–water partition coefficient (Wildman–Crippen LogP) is 2.67. The zero-order valence-electron chi connectivity index (χ0n) is 14.7. The van der Waals surface area contributed by atoms with Gasteiger partial charge in [0, 0.05) is 30.9 Å². The van der Waals surface area contributed by atoms with Crippen molar-refractivity contribution in [2.24, 2.45) is 4.99 Å². The molecule has 26 heavy (non-hydrogen) atoms. The molecule has 0 bridgehead atoms. The fourth-order valence-corrected chi connectivity index (χ4v) is 3.39. The number of hydrogen-bond acceptors (Lipinski definition) is 4. The van der Waals surface area contributed by atoms with Crippen molar-refractivity contribution in [3.63, 3.8) is 0 Å². The molecule has 6 nitrogen and oxygen atoms in total. The van der Waals surface area contributed by atoms with Crippen LogP contribution in [0.15, 0.2) is 10.4 Å². The van der Waals surface area contributed by atoms with Crippen molar-refractivity contribution >= 4 is 23.2 Å². The van der Waals surface area contributed by atoms with Crippen molar-refractivity contribution in [1.82, 2.24) is 20.9 Å². The number of thiazole rings is 1. The Morgan fingerprint density at radius 1 is 1.35 bits per heavy atom. The molecule has 0 spiro atoms. The Hall–Kier alpha value is -1.84. The van der Waals surface area contributed by atoms with E-state index in [0.717, 1.165) is 42.4 Å². The lowest BCUT2D eigenvalue weighted by Crippen LogP contribution is -2.40. The highest BCUT2D eigenvalue weighted by atomic mass is 32.1. The monoisotopic (exact) mass is 391 g/mol. The Balaban J connectivity index is 1.78. The Morgan fingerprint density at radius 3 is 2.69 bits per heavy atom. The van der Waals surface area contributed by atoms with Crippen LogP contribution in [-0.4, -0.2) is 36.0 Å². The fourth-order valence-electron chi connectivity index (χ4n) is 2.67. The molecule has 1 aromatic rings. The number of halogens is 3. The second kappa shape index (κ2) is 9.75. The van der Waals surface area contributed by atoms with Gasteiger partial charge < -0.3 is 16.0 Å². The third kappa shape index (κ3) is 6.81. The van der Waals surface area contributed by atoms with Gasteiger partial charge in [0.05, 0.1) is 6.54 Å². The van der Waals surface area contributed by atoms with E-state index in [1.807, 2.05) is 6.92 Å². The van der Waals surface area contributed by atoms with Gasteiger partial charge in [0.25, 0.3) is 0 Å². The maximum Gasteiger partial charge on any atom is 0.434 e. The Labute approximate surface area is 154 Å². The fraction of sp³-hybridized carbons (Fsp3) is 0.688. The molecule has 0 unspecified atom stereocenters. The lowest BCUT2D eigenvalue weighted by Gasteiger charge is -2.13. The number of aliphatic imine (C=N–C) groups is 1. The summed E-state index contributed by atoms with van der Waals surface area (Å²) in [5, 5.41) is 10.3. The van der Waals surface area contributed by atoms with Gasteiger partial charge in [-0.3, -0.25) is 4.79 Å². The largest absolute Gasteiger partial charge is 0.434 e. The maximum absolute atomic E-state index is 12.6. The zero-order valence-corrected chi connectivity index (χ0v) is 15.5. The van der Waals surface area contributed by atoms with Crippen LogP contribution in [0.3, 0.4) is 0 Å². The van der Waals surface area contributed by atoms with E-state index in [1.54, 1.807) is 0 Å². The molecule has 2 rings (SSSR count). The number of nitrogens with one attached hydrogen (secondary N) is 3. The topological polar surface area (TPSA) is 78.4 Å². The second-order valence-corrected chi connectivity index (χ2v) is 6.99. The minimum absolute atomic E-state index is 0.00464. The molecule has 1 fully saturated rings. The minimum atomic E-state index is -4.44. The van der Waals surface area contributed by atoms with Crippen molar-refractivity contribution in [3.8, 4) is 0 Å². The molecule has 0 aromatic carbocycles. The molecule has 3 N–H and O–H groups in total. The lowest BCUT2D eigenvalue weighted by atomic mass is 10.2. The van der Waals surface area contributed by atoms with Crippen molar-refractivity contribution in [2.45, 2.75) is 57.8 Å². The van der Waals surface area contributed by atoms with E-state index < -0.39 is 11.9 Å². The summed E-state index contributed by atoms with van der Waals surface area (Å²) in [5.41, 5.74) is -0.894. The van der Waals surface area contributed by atoms with Crippen molar-refractivity contribution < 1.29 is 18.0 Å². The average molecular weight is 391 g/mol. The number of aromatic nitrogens is 1. The average Bonchev–Trinajstić information content (AvgIpc) is 3.23. The first-order chi connectivity index (χ1) is 12.4. The number of amides is 1. The summed E-state index contributed by atoms with van der Waals surface area (Å²) in [5.74, 6) is 0.444. The molecule has 0 aliphatic heterocycles. The maximum atomic E-state index is 12.6.